The van der Waals surface area contributed by atoms with E-state index in [1.807, 2.05) is 20.0 Å². The first-order chi connectivity index (χ1) is 9.60. The van der Waals surface area contributed by atoms with Crippen LogP contribution in [0.3, 0.4) is 0 Å². The molecule has 1 fully saturated rings. The lowest BCUT2D eigenvalue weighted by molar-refractivity contribution is 0.0685. The summed E-state index contributed by atoms with van der Waals surface area (Å²) in [7, 11) is 2.02. The molecule has 0 radical (unpaired) electrons. The Labute approximate surface area is 119 Å². The van der Waals surface area contributed by atoms with E-state index in [4.69, 9.17) is 15.7 Å². The van der Waals surface area contributed by atoms with Gasteiger partial charge in [-0.2, -0.15) is 0 Å². The number of rotatable bonds is 4. The van der Waals surface area contributed by atoms with Crippen molar-refractivity contribution in [2.75, 3.05) is 31.7 Å². The second-order valence-corrected chi connectivity index (χ2v) is 5.28. The number of pyridine rings is 1. The molecule has 0 aromatic carbocycles. The van der Waals surface area contributed by atoms with Gasteiger partial charge in [-0.15, -0.1) is 0 Å². The fraction of sp³-hybridized carbons (Fsp3) is 0.571. The zero-order valence-electron chi connectivity index (χ0n) is 12.0. The van der Waals surface area contributed by atoms with Gasteiger partial charge in [-0.3, -0.25) is 0 Å². The molecule has 6 nitrogen and oxygen atoms in total. The van der Waals surface area contributed by atoms with Crippen molar-refractivity contribution in [3.05, 3.63) is 23.4 Å². The molecule has 1 aliphatic rings. The molecule has 1 aromatic heterocycles. The molecule has 3 N–H and O–H groups in total. The molecule has 0 aliphatic carbocycles. The number of anilines is 1. The summed E-state index contributed by atoms with van der Waals surface area (Å²) >= 11 is 0. The second kappa shape index (κ2) is 6.56. The minimum atomic E-state index is 0.108. The van der Waals surface area contributed by atoms with E-state index in [0.29, 0.717) is 11.5 Å². The van der Waals surface area contributed by atoms with Crippen molar-refractivity contribution in [1.29, 1.82) is 0 Å². The van der Waals surface area contributed by atoms with Crippen molar-refractivity contribution >= 4 is 11.7 Å². The Kier molecular flexibility index (Phi) is 4.79. The standard InChI is InChI=1S/C14H22N4O2/c1-10-7-12(14(15)17-19)8-13(16-10)18(2)9-11-3-5-20-6-4-11/h7-8,11,19H,3-6,9H2,1-2H3,(H2,15,17). The topological polar surface area (TPSA) is 84.0 Å². The third kappa shape index (κ3) is 3.60. The number of nitrogens with two attached hydrogens (primary N) is 1. The molecule has 2 heterocycles. The molecular formula is C14H22N4O2. The highest BCUT2D eigenvalue weighted by atomic mass is 16.5. The van der Waals surface area contributed by atoms with Crippen LogP contribution in [0.2, 0.25) is 0 Å². The first kappa shape index (κ1) is 14.6. The maximum Gasteiger partial charge on any atom is 0.170 e. The highest BCUT2D eigenvalue weighted by Crippen LogP contribution is 2.20. The number of nitrogens with zero attached hydrogens (tertiary/aromatic N) is 3. The molecular weight excluding hydrogens is 256 g/mol. The summed E-state index contributed by atoms with van der Waals surface area (Å²) < 4.78 is 5.38. The Hall–Kier alpha value is -1.82. The van der Waals surface area contributed by atoms with Gasteiger partial charge in [-0.05, 0) is 37.8 Å². The quantitative estimate of drug-likeness (QED) is 0.376. The molecule has 110 valence electrons. The Bertz CT molecular complexity index is 484. The van der Waals surface area contributed by atoms with Gasteiger partial charge in [0.1, 0.15) is 5.82 Å². The third-order valence-electron chi connectivity index (χ3n) is 3.61. The van der Waals surface area contributed by atoms with Crippen LogP contribution >= 0.6 is 0 Å². The molecule has 2 rings (SSSR count). The normalized spacial score (nSPS) is 17.2. The minimum Gasteiger partial charge on any atom is -0.409 e. The first-order valence-electron chi connectivity index (χ1n) is 6.85. The van der Waals surface area contributed by atoms with Crippen molar-refractivity contribution in [3.8, 4) is 0 Å². The molecule has 0 spiro atoms. The highest BCUT2D eigenvalue weighted by Gasteiger charge is 2.17. The SMILES string of the molecule is Cc1cc(/C(N)=N/O)cc(N(C)CC2CCOCC2)n1. The molecule has 20 heavy (non-hydrogen) atoms. The molecule has 0 unspecified atom stereocenters. The van der Waals surface area contributed by atoms with E-state index in [9.17, 15) is 0 Å². The van der Waals surface area contributed by atoms with Gasteiger partial charge < -0.3 is 20.6 Å². The van der Waals surface area contributed by atoms with Crippen LogP contribution in [0.4, 0.5) is 5.82 Å². The molecule has 1 aromatic rings. The lowest BCUT2D eigenvalue weighted by atomic mass is 10.00. The average molecular weight is 278 g/mol. The van der Waals surface area contributed by atoms with Crippen molar-refractivity contribution in [2.45, 2.75) is 19.8 Å². The average Bonchev–Trinajstić information content (AvgIpc) is 2.46. The summed E-state index contributed by atoms with van der Waals surface area (Å²) in [5, 5.41) is 11.8. The van der Waals surface area contributed by atoms with Crippen LogP contribution in [0.15, 0.2) is 17.3 Å². The molecule has 0 bridgehead atoms. The Morgan fingerprint density at radius 2 is 2.20 bits per heavy atom. The van der Waals surface area contributed by atoms with Gasteiger partial charge in [0.25, 0.3) is 0 Å². The predicted molar refractivity (Wildman–Crippen MR) is 78.3 cm³/mol. The van der Waals surface area contributed by atoms with E-state index >= 15 is 0 Å². The summed E-state index contributed by atoms with van der Waals surface area (Å²) in [6, 6.07) is 3.65. The van der Waals surface area contributed by atoms with Crippen LogP contribution in [0, 0.1) is 12.8 Å². The largest absolute Gasteiger partial charge is 0.409 e. The number of hydrogen-bond acceptors (Lipinski definition) is 5. The second-order valence-electron chi connectivity index (χ2n) is 5.28. The van der Waals surface area contributed by atoms with Crippen LogP contribution in [-0.4, -0.2) is 42.8 Å². The smallest absolute Gasteiger partial charge is 0.170 e. The van der Waals surface area contributed by atoms with Crippen molar-refractivity contribution in [1.82, 2.24) is 4.98 Å². The summed E-state index contributed by atoms with van der Waals surface area (Å²) in [5.41, 5.74) is 7.19. The van der Waals surface area contributed by atoms with Crippen molar-refractivity contribution in [3.63, 3.8) is 0 Å². The van der Waals surface area contributed by atoms with Crippen molar-refractivity contribution < 1.29 is 9.94 Å². The van der Waals surface area contributed by atoms with Crippen LogP contribution in [0.25, 0.3) is 0 Å². The Morgan fingerprint density at radius 3 is 2.85 bits per heavy atom. The monoisotopic (exact) mass is 278 g/mol. The van der Waals surface area contributed by atoms with Gasteiger partial charge >= 0.3 is 0 Å². The molecule has 0 saturated carbocycles. The molecule has 6 heteroatoms. The first-order valence-corrected chi connectivity index (χ1v) is 6.85. The minimum absolute atomic E-state index is 0.108. The van der Waals surface area contributed by atoms with Crippen LogP contribution in [-0.2, 0) is 4.74 Å². The highest BCUT2D eigenvalue weighted by molar-refractivity contribution is 5.97. The zero-order chi connectivity index (χ0) is 14.5. The molecule has 1 aliphatic heterocycles. The number of ether oxygens (including phenoxy) is 1. The molecule has 1 saturated heterocycles. The number of aryl methyl sites for hydroxylation is 1. The summed E-state index contributed by atoms with van der Waals surface area (Å²) in [6.45, 7) is 4.53. The maximum atomic E-state index is 8.78. The van der Waals surface area contributed by atoms with Crippen LogP contribution < -0.4 is 10.6 Å². The van der Waals surface area contributed by atoms with Gasteiger partial charge in [0.05, 0.1) is 0 Å². The fourth-order valence-electron chi connectivity index (χ4n) is 2.46. The van der Waals surface area contributed by atoms with E-state index in [-0.39, 0.29) is 5.84 Å². The van der Waals surface area contributed by atoms with Gasteiger partial charge in [0.15, 0.2) is 5.84 Å². The van der Waals surface area contributed by atoms with E-state index < -0.39 is 0 Å². The lowest BCUT2D eigenvalue weighted by Crippen LogP contribution is -2.30. The zero-order valence-corrected chi connectivity index (χ0v) is 12.0. The molecule has 0 amide bonds. The lowest BCUT2D eigenvalue weighted by Gasteiger charge is -2.28. The third-order valence-corrected chi connectivity index (χ3v) is 3.61. The number of hydrogen-bond donors (Lipinski definition) is 2. The van der Waals surface area contributed by atoms with Crippen LogP contribution in [0.5, 0.6) is 0 Å². The van der Waals surface area contributed by atoms with Gasteiger partial charge in [0.2, 0.25) is 0 Å². The van der Waals surface area contributed by atoms with Gasteiger partial charge in [-0.25, -0.2) is 4.98 Å². The van der Waals surface area contributed by atoms with E-state index in [1.165, 1.54) is 0 Å². The number of aromatic nitrogens is 1. The van der Waals surface area contributed by atoms with Gasteiger partial charge in [0, 0.05) is 38.1 Å². The molecule has 0 atom stereocenters. The summed E-state index contributed by atoms with van der Waals surface area (Å²) in [5.74, 6) is 1.58. The van der Waals surface area contributed by atoms with E-state index in [0.717, 1.165) is 44.1 Å². The number of amidine groups is 1. The van der Waals surface area contributed by atoms with Gasteiger partial charge in [-0.1, -0.05) is 5.16 Å². The fourth-order valence-corrected chi connectivity index (χ4v) is 2.46. The Balaban J connectivity index is 2.12. The Morgan fingerprint density at radius 1 is 1.50 bits per heavy atom. The van der Waals surface area contributed by atoms with Crippen LogP contribution in [0.1, 0.15) is 24.1 Å². The maximum absolute atomic E-state index is 8.78. The van der Waals surface area contributed by atoms with E-state index in [2.05, 4.69) is 15.0 Å². The number of oxime groups is 1. The summed E-state index contributed by atoms with van der Waals surface area (Å²) in [6.07, 6.45) is 2.17. The van der Waals surface area contributed by atoms with E-state index in [1.54, 1.807) is 6.07 Å². The predicted octanol–water partition coefficient (Wildman–Crippen LogP) is 1.35. The summed E-state index contributed by atoms with van der Waals surface area (Å²) in [4.78, 5) is 6.64. The van der Waals surface area contributed by atoms with Crippen molar-refractivity contribution in [2.24, 2.45) is 16.8 Å².